The second kappa shape index (κ2) is 6.36. The standard InChI is InChI=1S/C14H15F2N3/c15-10-4-6-12(13(16)9-10)14(19-17)7-5-11-3-1-2-8-18-11/h1-4,6,8-9,14,19H,5,7,17H2. The van der Waals surface area contributed by atoms with Crippen LogP contribution in [-0.4, -0.2) is 4.98 Å². The number of rotatable bonds is 5. The lowest BCUT2D eigenvalue weighted by Gasteiger charge is -2.16. The normalized spacial score (nSPS) is 12.4. The van der Waals surface area contributed by atoms with Crippen molar-refractivity contribution in [2.75, 3.05) is 0 Å². The molecule has 0 radical (unpaired) electrons. The fraction of sp³-hybridized carbons (Fsp3) is 0.214. The molecule has 0 aliphatic rings. The van der Waals surface area contributed by atoms with Crippen LogP contribution in [0.15, 0.2) is 42.6 Å². The van der Waals surface area contributed by atoms with Gasteiger partial charge in [-0.15, -0.1) is 0 Å². The molecule has 1 heterocycles. The highest BCUT2D eigenvalue weighted by atomic mass is 19.1. The van der Waals surface area contributed by atoms with Gasteiger partial charge in [0.2, 0.25) is 0 Å². The van der Waals surface area contributed by atoms with E-state index in [1.54, 1.807) is 6.20 Å². The molecule has 0 spiro atoms. The van der Waals surface area contributed by atoms with Crippen molar-refractivity contribution >= 4 is 0 Å². The molecular formula is C14H15F2N3. The topological polar surface area (TPSA) is 50.9 Å². The Hall–Kier alpha value is -1.85. The molecule has 1 aromatic heterocycles. The van der Waals surface area contributed by atoms with Gasteiger partial charge < -0.3 is 0 Å². The lowest BCUT2D eigenvalue weighted by Crippen LogP contribution is -2.29. The van der Waals surface area contributed by atoms with E-state index in [4.69, 9.17) is 5.84 Å². The highest BCUT2D eigenvalue weighted by Gasteiger charge is 2.15. The van der Waals surface area contributed by atoms with Gasteiger partial charge in [0.05, 0.1) is 0 Å². The molecule has 0 aliphatic carbocycles. The van der Waals surface area contributed by atoms with Crippen LogP contribution in [0.25, 0.3) is 0 Å². The molecule has 19 heavy (non-hydrogen) atoms. The van der Waals surface area contributed by atoms with Crippen LogP contribution in [0.1, 0.15) is 23.7 Å². The Balaban J connectivity index is 2.08. The van der Waals surface area contributed by atoms with E-state index in [1.165, 1.54) is 12.1 Å². The second-order valence-electron chi connectivity index (χ2n) is 4.24. The van der Waals surface area contributed by atoms with E-state index < -0.39 is 11.6 Å². The summed E-state index contributed by atoms with van der Waals surface area (Å²) in [4.78, 5) is 4.19. The number of pyridine rings is 1. The van der Waals surface area contributed by atoms with Gasteiger partial charge in [-0.05, 0) is 31.0 Å². The van der Waals surface area contributed by atoms with Gasteiger partial charge in [0.1, 0.15) is 11.6 Å². The van der Waals surface area contributed by atoms with Gasteiger partial charge in [-0.2, -0.15) is 0 Å². The lowest BCUT2D eigenvalue weighted by atomic mass is 10.0. The van der Waals surface area contributed by atoms with Gasteiger partial charge in [0.25, 0.3) is 0 Å². The van der Waals surface area contributed by atoms with Gasteiger partial charge in [0, 0.05) is 29.6 Å². The molecule has 0 saturated carbocycles. The number of nitrogens with two attached hydrogens (primary N) is 1. The Morgan fingerprint density at radius 2 is 2.05 bits per heavy atom. The van der Waals surface area contributed by atoms with E-state index in [1.807, 2.05) is 18.2 Å². The first-order chi connectivity index (χ1) is 9.20. The number of nitrogens with one attached hydrogen (secondary N) is 1. The summed E-state index contributed by atoms with van der Waals surface area (Å²) in [5.41, 5.74) is 3.83. The molecule has 0 aliphatic heterocycles. The lowest BCUT2D eigenvalue weighted by molar-refractivity contribution is 0.478. The quantitative estimate of drug-likeness (QED) is 0.643. The summed E-state index contributed by atoms with van der Waals surface area (Å²) in [6.07, 6.45) is 2.95. The Morgan fingerprint density at radius 3 is 2.68 bits per heavy atom. The molecule has 3 nitrogen and oxygen atoms in total. The molecule has 5 heteroatoms. The number of halogens is 2. The zero-order valence-corrected chi connectivity index (χ0v) is 10.3. The number of aromatic nitrogens is 1. The average Bonchev–Trinajstić information content (AvgIpc) is 2.42. The van der Waals surface area contributed by atoms with E-state index in [0.717, 1.165) is 11.8 Å². The van der Waals surface area contributed by atoms with Crippen molar-refractivity contribution in [3.63, 3.8) is 0 Å². The first-order valence-corrected chi connectivity index (χ1v) is 6.01. The predicted octanol–water partition coefficient (Wildman–Crippen LogP) is 2.50. The number of hydrazine groups is 1. The summed E-state index contributed by atoms with van der Waals surface area (Å²) in [6.45, 7) is 0. The Bertz CT molecular complexity index is 531. The number of hydrogen-bond acceptors (Lipinski definition) is 3. The van der Waals surface area contributed by atoms with E-state index in [0.29, 0.717) is 18.4 Å². The van der Waals surface area contributed by atoms with Crippen molar-refractivity contribution in [3.8, 4) is 0 Å². The van der Waals surface area contributed by atoms with Crippen molar-refractivity contribution in [2.24, 2.45) is 5.84 Å². The fourth-order valence-electron chi connectivity index (χ4n) is 1.95. The first kappa shape index (κ1) is 13.6. The molecule has 100 valence electrons. The summed E-state index contributed by atoms with van der Waals surface area (Å²) in [6, 6.07) is 8.75. The highest BCUT2D eigenvalue weighted by Crippen LogP contribution is 2.21. The summed E-state index contributed by atoms with van der Waals surface area (Å²) in [5.74, 6) is 4.26. The second-order valence-corrected chi connectivity index (χ2v) is 4.24. The molecule has 2 rings (SSSR count). The minimum atomic E-state index is -0.596. The summed E-state index contributed by atoms with van der Waals surface area (Å²) >= 11 is 0. The number of aryl methyl sites for hydroxylation is 1. The zero-order valence-electron chi connectivity index (χ0n) is 10.3. The third kappa shape index (κ3) is 3.56. The average molecular weight is 263 g/mol. The van der Waals surface area contributed by atoms with Gasteiger partial charge in [-0.25, -0.2) is 8.78 Å². The molecule has 3 N–H and O–H groups in total. The maximum atomic E-state index is 13.7. The number of hydrogen-bond donors (Lipinski definition) is 2. The van der Waals surface area contributed by atoms with Crippen molar-refractivity contribution in [3.05, 3.63) is 65.5 Å². The van der Waals surface area contributed by atoms with Crippen LogP contribution >= 0.6 is 0 Å². The molecule has 1 atom stereocenters. The van der Waals surface area contributed by atoms with Crippen LogP contribution in [0.5, 0.6) is 0 Å². The smallest absolute Gasteiger partial charge is 0.130 e. The summed E-state index contributed by atoms with van der Waals surface area (Å²) < 4.78 is 26.5. The van der Waals surface area contributed by atoms with Gasteiger partial charge in [-0.1, -0.05) is 12.1 Å². The third-order valence-corrected chi connectivity index (χ3v) is 2.95. The Morgan fingerprint density at radius 1 is 1.21 bits per heavy atom. The van der Waals surface area contributed by atoms with E-state index >= 15 is 0 Å². The van der Waals surface area contributed by atoms with Crippen molar-refractivity contribution in [1.82, 2.24) is 10.4 Å². The predicted molar refractivity (Wildman–Crippen MR) is 69.0 cm³/mol. The number of benzene rings is 1. The number of nitrogens with zero attached hydrogens (tertiary/aromatic N) is 1. The molecule has 2 aromatic rings. The Labute approximate surface area is 110 Å². The monoisotopic (exact) mass is 263 g/mol. The van der Waals surface area contributed by atoms with E-state index in [2.05, 4.69) is 10.4 Å². The zero-order chi connectivity index (χ0) is 13.7. The van der Waals surface area contributed by atoms with Crippen LogP contribution in [0.3, 0.4) is 0 Å². The van der Waals surface area contributed by atoms with Crippen LogP contribution in [0.4, 0.5) is 8.78 Å². The minimum Gasteiger partial charge on any atom is -0.271 e. The maximum absolute atomic E-state index is 13.7. The van der Waals surface area contributed by atoms with Crippen molar-refractivity contribution < 1.29 is 8.78 Å². The van der Waals surface area contributed by atoms with Crippen molar-refractivity contribution in [2.45, 2.75) is 18.9 Å². The fourth-order valence-corrected chi connectivity index (χ4v) is 1.95. The summed E-state index contributed by atoms with van der Waals surface area (Å²) in [7, 11) is 0. The highest BCUT2D eigenvalue weighted by molar-refractivity contribution is 5.22. The largest absolute Gasteiger partial charge is 0.271 e. The molecule has 0 amide bonds. The van der Waals surface area contributed by atoms with E-state index in [9.17, 15) is 8.78 Å². The third-order valence-electron chi connectivity index (χ3n) is 2.95. The molecule has 1 unspecified atom stereocenters. The van der Waals surface area contributed by atoms with Crippen LogP contribution in [0.2, 0.25) is 0 Å². The van der Waals surface area contributed by atoms with Gasteiger partial charge >= 0.3 is 0 Å². The van der Waals surface area contributed by atoms with Crippen molar-refractivity contribution in [1.29, 1.82) is 0 Å². The Kier molecular flexibility index (Phi) is 4.54. The molecule has 0 bridgehead atoms. The molecular weight excluding hydrogens is 248 g/mol. The van der Waals surface area contributed by atoms with Gasteiger partial charge in [-0.3, -0.25) is 16.3 Å². The summed E-state index contributed by atoms with van der Waals surface area (Å²) in [5, 5.41) is 0. The molecule has 0 saturated heterocycles. The minimum absolute atomic E-state index is 0.361. The SMILES string of the molecule is NNC(CCc1ccccn1)c1ccc(F)cc1F. The van der Waals surface area contributed by atoms with Gasteiger partial charge in [0.15, 0.2) is 0 Å². The van der Waals surface area contributed by atoms with Crippen LogP contribution < -0.4 is 11.3 Å². The maximum Gasteiger partial charge on any atom is 0.130 e. The molecule has 0 fully saturated rings. The molecule has 1 aromatic carbocycles. The van der Waals surface area contributed by atoms with Crippen LogP contribution in [0, 0.1) is 11.6 Å². The van der Waals surface area contributed by atoms with Crippen LogP contribution in [-0.2, 0) is 6.42 Å². The first-order valence-electron chi connectivity index (χ1n) is 6.01. The van der Waals surface area contributed by atoms with E-state index in [-0.39, 0.29) is 6.04 Å².